The Morgan fingerprint density at radius 3 is 2.64 bits per heavy atom. The number of hydrogen-bond acceptors (Lipinski definition) is 8. The summed E-state index contributed by atoms with van der Waals surface area (Å²) in [7, 11) is 0. The van der Waals surface area contributed by atoms with Crippen LogP contribution in [0.2, 0.25) is 5.02 Å². The Balaban J connectivity index is 2.00. The van der Waals surface area contributed by atoms with Crippen molar-refractivity contribution >= 4 is 29.7 Å². The molecule has 33 heavy (non-hydrogen) atoms. The lowest BCUT2D eigenvalue weighted by Crippen LogP contribution is -2.62. The Hall–Kier alpha value is -2.02. The molecule has 2 heterocycles. The summed E-state index contributed by atoms with van der Waals surface area (Å²) in [5, 5.41) is 38.2. The molecule has 0 saturated carbocycles. The smallest absolute Gasteiger partial charge is 0.217 e. The van der Waals surface area contributed by atoms with Crippen molar-refractivity contribution in [2.45, 2.75) is 64.5 Å². The minimum atomic E-state index is -1.41. The molecule has 1 saturated heterocycles. The van der Waals surface area contributed by atoms with Crippen LogP contribution < -0.4 is 10.1 Å². The van der Waals surface area contributed by atoms with Crippen LogP contribution in [0, 0.1) is 10.7 Å². The van der Waals surface area contributed by atoms with E-state index in [4.69, 9.17) is 33.3 Å². The van der Waals surface area contributed by atoms with Crippen molar-refractivity contribution in [2.75, 3.05) is 6.61 Å². The van der Waals surface area contributed by atoms with Gasteiger partial charge in [-0.15, -0.1) is 0 Å². The molecule has 0 unspecified atom stereocenters. The highest BCUT2D eigenvalue weighted by Crippen LogP contribution is 2.29. The van der Waals surface area contributed by atoms with Gasteiger partial charge in [0.05, 0.1) is 11.6 Å². The number of benzene rings is 1. The lowest BCUT2D eigenvalue weighted by molar-refractivity contribution is -0.219. The van der Waals surface area contributed by atoms with E-state index in [1.54, 1.807) is 28.8 Å². The summed E-state index contributed by atoms with van der Waals surface area (Å²) in [6.07, 6.45) is -4.97. The van der Waals surface area contributed by atoms with E-state index in [9.17, 15) is 20.1 Å². The van der Waals surface area contributed by atoms with E-state index in [0.717, 1.165) is 0 Å². The Bertz CT molecular complexity index is 1030. The van der Waals surface area contributed by atoms with Crippen LogP contribution in [0.3, 0.4) is 0 Å². The first-order valence-corrected chi connectivity index (χ1v) is 11.4. The molecular formula is C21H29ClN4O6S. The normalized spacial score (nSPS) is 25.3. The van der Waals surface area contributed by atoms with E-state index in [0.29, 0.717) is 23.1 Å². The number of amides is 1. The molecule has 3 rings (SSSR count). The molecule has 0 bridgehead atoms. The van der Waals surface area contributed by atoms with E-state index >= 15 is 0 Å². The van der Waals surface area contributed by atoms with Crippen LogP contribution in [-0.2, 0) is 22.7 Å². The summed E-state index contributed by atoms with van der Waals surface area (Å²) in [6.45, 7) is 5.39. The fraction of sp³-hybridized carbons (Fsp3) is 0.571. The third-order valence-corrected chi connectivity index (χ3v) is 5.93. The van der Waals surface area contributed by atoms with Gasteiger partial charge in [-0.25, -0.2) is 4.68 Å². The van der Waals surface area contributed by atoms with Crippen LogP contribution in [0.15, 0.2) is 24.3 Å². The number of nitrogens with zero attached hydrogens (tertiary/aromatic N) is 3. The van der Waals surface area contributed by atoms with Gasteiger partial charge in [-0.3, -0.25) is 4.79 Å². The standard InChI is InChI=1S/C21H29ClN4O6S/c1-11(2)8-25-16(10-31-14-7-5-4-6-13(14)22)24-26(21(25)33)20-17(23-12(3)28)19(30)18(29)15(9-27)32-20/h4-7,11,15,17-20,27,29-30H,8-10H2,1-3H3,(H,23,28)/t15-,17-,18-,19-,20-/m1/s1. The number of para-hydroxylation sites is 1. The van der Waals surface area contributed by atoms with Gasteiger partial charge >= 0.3 is 0 Å². The number of ether oxygens (including phenoxy) is 2. The van der Waals surface area contributed by atoms with Gasteiger partial charge in [0.2, 0.25) is 5.91 Å². The fourth-order valence-electron chi connectivity index (χ4n) is 3.68. The van der Waals surface area contributed by atoms with Crippen LogP contribution in [-0.4, -0.2) is 66.5 Å². The molecule has 1 aromatic carbocycles. The second-order valence-electron chi connectivity index (χ2n) is 8.32. The van der Waals surface area contributed by atoms with E-state index in [2.05, 4.69) is 10.4 Å². The van der Waals surface area contributed by atoms with Gasteiger partial charge in [0.1, 0.15) is 36.7 Å². The Labute approximate surface area is 201 Å². The number of hydrogen-bond donors (Lipinski definition) is 4. The van der Waals surface area contributed by atoms with Gasteiger partial charge < -0.3 is 34.7 Å². The number of aliphatic hydroxyl groups excluding tert-OH is 3. The summed E-state index contributed by atoms with van der Waals surface area (Å²) in [4.78, 5) is 11.8. The van der Waals surface area contributed by atoms with Crippen LogP contribution in [0.4, 0.5) is 0 Å². The molecule has 182 valence electrons. The predicted octanol–water partition coefficient (Wildman–Crippen LogP) is 1.42. The van der Waals surface area contributed by atoms with E-state index in [1.807, 2.05) is 13.8 Å². The molecule has 2 aromatic rings. The molecular weight excluding hydrogens is 472 g/mol. The van der Waals surface area contributed by atoms with Crippen LogP contribution >= 0.6 is 23.8 Å². The van der Waals surface area contributed by atoms with E-state index < -0.39 is 43.1 Å². The SMILES string of the molecule is CC(=O)N[C@@H]1[C@@H](O)[C@H](O)[C@@H](CO)O[C@H]1n1nc(COc2ccccc2Cl)n(CC(C)C)c1=S. The maximum Gasteiger partial charge on any atom is 0.217 e. The van der Waals surface area contributed by atoms with Crippen LogP contribution in [0.5, 0.6) is 5.75 Å². The number of nitrogens with one attached hydrogen (secondary N) is 1. The second kappa shape index (κ2) is 10.9. The molecule has 0 spiro atoms. The summed E-state index contributed by atoms with van der Waals surface area (Å²) < 4.78 is 15.1. The molecule has 1 aromatic heterocycles. The molecule has 1 amide bonds. The lowest BCUT2D eigenvalue weighted by atomic mass is 9.96. The molecule has 4 N–H and O–H groups in total. The average Bonchev–Trinajstić information content (AvgIpc) is 3.06. The van der Waals surface area contributed by atoms with E-state index in [-0.39, 0.29) is 17.3 Å². The average molecular weight is 501 g/mol. The van der Waals surface area contributed by atoms with Gasteiger partial charge in [0.25, 0.3) is 0 Å². The largest absolute Gasteiger partial charge is 0.484 e. The molecule has 10 nitrogen and oxygen atoms in total. The third-order valence-electron chi connectivity index (χ3n) is 5.21. The Morgan fingerprint density at radius 1 is 1.33 bits per heavy atom. The van der Waals surface area contributed by atoms with Crippen molar-refractivity contribution in [2.24, 2.45) is 5.92 Å². The van der Waals surface area contributed by atoms with Gasteiger partial charge in [0, 0.05) is 13.5 Å². The molecule has 5 atom stereocenters. The zero-order valence-electron chi connectivity index (χ0n) is 18.6. The Morgan fingerprint density at radius 2 is 2.03 bits per heavy atom. The van der Waals surface area contributed by atoms with Crippen molar-refractivity contribution in [1.82, 2.24) is 19.7 Å². The first-order valence-electron chi connectivity index (χ1n) is 10.6. The van der Waals surface area contributed by atoms with Crippen LogP contribution in [0.25, 0.3) is 0 Å². The van der Waals surface area contributed by atoms with Gasteiger partial charge in [0.15, 0.2) is 16.8 Å². The highest BCUT2D eigenvalue weighted by atomic mass is 35.5. The van der Waals surface area contributed by atoms with Gasteiger partial charge in [-0.2, -0.15) is 5.10 Å². The van der Waals surface area contributed by atoms with Gasteiger partial charge in [-0.05, 0) is 30.3 Å². The number of aliphatic hydroxyl groups is 3. The third kappa shape index (κ3) is 5.73. The quantitative estimate of drug-likeness (QED) is 0.400. The van der Waals surface area contributed by atoms with Crippen molar-refractivity contribution in [3.8, 4) is 5.75 Å². The highest BCUT2D eigenvalue weighted by Gasteiger charge is 2.46. The van der Waals surface area contributed by atoms with Crippen molar-refractivity contribution in [3.63, 3.8) is 0 Å². The fourth-order valence-corrected chi connectivity index (χ4v) is 4.19. The second-order valence-corrected chi connectivity index (χ2v) is 9.09. The zero-order valence-corrected chi connectivity index (χ0v) is 20.2. The first kappa shape index (κ1) is 25.6. The van der Waals surface area contributed by atoms with Crippen molar-refractivity contribution in [1.29, 1.82) is 0 Å². The number of rotatable bonds is 8. The summed E-state index contributed by atoms with van der Waals surface area (Å²) in [5.74, 6) is 0.766. The van der Waals surface area contributed by atoms with Crippen molar-refractivity contribution < 1.29 is 29.6 Å². The first-order chi connectivity index (χ1) is 15.6. The molecule has 0 aliphatic carbocycles. The zero-order chi connectivity index (χ0) is 24.3. The minimum Gasteiger partial charge on any atom is -0.484 e. The monoisotopic (exact) mass is 500 g/mol. The number of carbonyl (C=O) groups is 1. The number of halogens is 1. The van der Waals surface area contributed by atoms with Gasteiger partial charge in [-0.1, -0.05) is 37.6 Å². The molecule has 0 radical (unpaired) electrons. The maximum atomic E-state index is 11.8. The maximum absolute atomic E-state index is 11.8. The number of aromatic nitrogens is 3. The van der Waals surface area contributed by atoms with Crippen molar-refractivity contribution in [3.05, 3.63) is 39.9 Å². The molecule has 12 heteroatoms. The van der Waals surface area contributed by atoms with E-state index in [1.165, 1.54) is 11.6 Å². The molecule has 1 aliphatic heterocycles. The predicted molar refractivity (Wildman–Crippen MR) is 122 cm³/mol. The summed E-state index contributed by atoms with van der Waals surface area (Å²) >= 11 is 11.8. The number of carbonyl (C=O) groups excluding carboxylic acids is 1. The Kier molecular flexibility index (Phi) is 8.48. The lowest BCUT2D eigenvalue weighted by Gasteiger charge is -2.42. The molecule has 1 fully saturated rings. The van der Waals surface area contributed by atoms with Crippen LogP contribution in [0.1, 0.15) is 32.8 Å². The molecule has 1 aliphatic rings. The highest BCUT2D eigenvalue weighted by molar-refractivity contribution is 7.71. The topological polar surface area (TPSA) is 131 Å². The minimum absolute atomic E-state index is 0.0548. The summed E-state index contributed by atoms with van der Waals surface area (Å²) in [6, 6.07) is 6.00. The summed E-state index contributed by atoms with van der Waals surface area (Å²) in [5.41, 5.74) is 0.